The molecule has 4 N–H and O–H groups in total. The molecule has 0 spiro atoms. The summed E-state index contributed by atoms with van der Waals surface area (Å²) in [4.78, 5) is 11.7. The maximum absolute atomic E-state index is 11.7. The molecule has 0 bridgehead atoms. The molecular formula is C17H25N3O3. The van der Waals surface area contributed by atoms with E-state index in [0.29, 0.717) is 12.1 Å². The minimum atomic E-state index is -0.916. The van der Waals surface area contributed by atoms with E-state index in [4.69, 9.17) is 10.5 Å². The number of ether oxygens (including phenoxy) is 1. The largest absolute Gasteiger partial charge is 0.471 e. The van der Waals surface area contributed by atoms with Crippen LogP contribution in [0.15, 0.2) is 18.2 Å². The van der Waals surface area contributed by atoms with E-state index < -0.39 is 12.3 Å². The van der Waals surface area contributed by atoms with Gasteiger partial charge in [-0.05, 0) is 30.5 Å². The van der Waals surface area contributed by atoms with Crippen LogP contribution >= 0.6 is 0 Å². The number of nitrogens with two attached hydrogens (primary N) is 1. The fourth-order valence-corrected chi connectivity index (χ4v) is 1.93. The number of aliphatic hydroxyl groups excluding tert-OH is 1. The number of nitrogens with zero attached hydrogens (tertiary/aromatic N) is 1. The zero-order valence-electron chi connectivity index (χ0n) is 14.0. The van der Waals surface area contributed by atoms with Crippen LogP contribution in [0, 0.1) is 23.2 Å². The van der Waals surface area contributed by atoms with Crippen molar-refractivity contribution in [2.24, 2.45) is 17.6 Å². The third kappa shape index (κ3) is 5.89. The van der Waals surface area contributed by atoms with Gasteiger partial charge in [0, 0.05) is 11.6 Å². The Labute approximate surface area is 137 Å². The van der Waals surface area contributed by atoms with Crippen LogP contribution in [-0.2, 0) is 4.79 Å². The molecule has 6 heteroatoms. The average Bonchev–Trinajstić information content (AvgIpc) is 2.47. The summed E-state index contributed by atoms with van der Waals surface area (Å²) in [7, 11) is 0. The first kappa shape index (κ1) is 18.9. The lowest BCUT2D eigenvalue weighted by Gasteiger charge is -2.22. The molecule has 0 heterocycles. The van der Waals surface area contributed by atoms with E-state index in [0.717, 1.165) is 0 Å². The lowest BCUT2D eigenvalue weighted by atomic mass is 10.1. The summed E-state index contributed by atoms with van der Waals surface area (Å²) in [5, 5.41) is 21.9. The van der Waals surface area contributed by atoms with Crippen molar-refractivity contribution in [3.63, 3.8) is 0 Å². The Morgan fingerprint density at radius 3 is 2.57 bits per heavy atom. The number of aliphatic hydroxyl groups is 1. The molecule has 0 radical (unpaired) electrons. The lowest BCUT2D eigenvalue weighted by Crippen LogP contribution is -2.40. The van der Waals surface area contributed by atoms with Crippen molar-refractivity contribution < 1.29 is 14.6 Å². The molecular weight excluding hydrogens is 294 g/mol. The van der Waals surface area contributed by atoms with Crippen LogP contribution in [0.5, 0.6) is 5.75 Å². The predicted molar refractivity (Wildman–Crippen MR) is 88.7 cm³/mol. The predicted octanol–water partition coefficient (Wildman–Crippen LogP) is 2.22. The van der Waals surface area contributed by atoms with Gasteiger partial charge in [0.25, 0.3) is 0 Å². The summed E-state index contributed by atoms with van der Waals surface area (Å²) in [6, 6.07) is 6.74. The first-order chi connectivity index (χ1) is 10.7. The topological polar surface area (TPSA) is 108 Å². The minimum Gasteiger partial charge on any atom is -0.471 e. The number of anilines is 1. The molecule has 0 aliphatic rings. The maximum atomic E-state index is 11.7. The highest BCUT2D eigenvalue weighted by molar-refractivity contribution is 5.92. The van der Waals surface area contributed by atoms with Gasteiger partial charge >= 0.3 is 0 Å². The second-order valence-electron chi connectivity index (χ2n) is 6.25. The van der Waals surface area contributed by atoms with Gasteiger partial charge in [-0.2, -0.15) is 5.26 Å². The Hall–Kier alpha value is -2.10. The average molecular weight is 319 g/mol. The van der Waals surface area contributed by atoms with Gasteiger partial charge in [0.15, 0.2) is 6.23 Å². The Morgan fingerprint density at radius 1 is 1.39 bits per heavy atom. The number of hydrogen-bond acceptors (Lipinski definition) is 5. The van der Waals surface area contributed by atoms with Gasteiger partial charge in [-0.15, -0.1) is 0 Å². The third-order valence-corrected chi connectivity index (χ3v) is 3.25. The van der Waals surface area contributed by atoms with Crippen LogP contribution in [0.1, 0.15) is 39.7 Å². The van der Waals surface area contributed by atoms with Crippen LogP contribution < -0.4 is 15.8 Å². The van der Waals surface area contributed by atoms with Crippen molar-refractivity contribution in [3.8, 4) is 11.8 Å². The molecule has 1 aromatic rings. The van der Waals surface area contributed by atoms with Crippen LogP contribution in [0.2, 0.25) is 0 Å². The molecule has 1 aromatic carbocycles. The van der Waals surface area contributed by atoms with Crippen molar-refractivity contribution in [1.82, 2.24) is 0 Å². The molecule has 1 amide bonds. The highest BCUT2D eigenvalue weighted by atomic mass is 16.5. The second kappa shape index (κ2) is 8.51. The van der Waals surface area contributed by atoms with Crippen LogP contribution in [-0.4, -0.2) is 23.3 Å². The Bertz CT molecular complexity index is 579. The Balaban J connectivity index is 2.85. The van der Waals surface area contributed by atoms with Crippen LogP contribution in [0.25, 0.3) is 0 Å². The van der Waals surface area contributed by atoms with Gasteiger partial charge < -0.3 is 15.2 Å². The van der Waals surface area contributed by atoms with Gasteiger partial charge in [-0.3, -0.25) is 10.5 Å². The molecule has 2 unspecified atom stereocenters. The summed E-state index contributed by atoms with van der Waals surface area (Å²) in [6.45, 7) is 7.52. The first-order valence-electron chi connectivity index (χ1n) is 7.70. The number of rotatable bonds is 7. The Morgan fingerprint density at radius 2 is 2.04 bits per heavy atom. The van der Waals surface area contributed by atoms with E-state index in [1.165, 1.54) is 6.07 Å². The molecule has 1 rings (SSSR count). The van der Waals surface area contributed by atoms with E-state index in [1.54, 1.807) is 26.0 Å². The van der Waals surface area contributed by atoms with Crippen molar-refractivity contribution in [3.05, 3.63) is 23.8 Å². The molecule has 126 valence electrons. The van der Waals surface area contributed by atoms with Crippen molar-refractivity contribution in [2.45, 2.75) is 46.4 Å². The quantitative estimate of drug-likeness (QED) is 0.668. The normalized spacial score (nSPS) is 13.5. The third-order valence-electron chi connectivity index (χ3n) is 3.25. The first-order valence-corrected chi connectivity index (χ1v) is 7.70. The fraction of sp³-hybridized carbons (Fsp3) is 0.529. The molecule has 0 saturated carbocycles. The molecule has 0 saturated heterocycles. The molecule has 6 nitrogen and oxygen atoms in total. The van der Waals surface area contributed by atoms with Crippen molar-refractivity contribution in [2.75, 3.05) is 5.32 Å². The summed E-state index contributed by atoms with van der Waals surface area (Å²) >= 11 is 0. The summed E-state index contributed by atoms with van der Waals surface area (Å²) < 4.78 is 5.50. The monoisotopic (exact) mass is 319 g/mol. The number of hydrogen-bond donors (Lipinski definition) is 3. The zero-order chi connectivity index (χ0) is 17.6. The highest BCUT2D eigenvalue weighted by Crippen LogP contribution is 2.24. The van der Waals surface area contributed by atoms with Crippen LogP contribution in [0.3, 0.4) is 0 Å². The Kier molecular flexibility index (Phi) is 7.01. The standard InChI is InChI=1S/C17H25N3O3/c1-10(2)7-14(21)16(19)23-15-6-5-13(8-12(15)9-18)20-17(22)11(3)4/h5-6,8,10-11,14,16,21H,7,19H2,1-4H3,(H,20,22). The minimum absolute atomic E-state index is 0.133. The smallest absolute Gasteiger partial charge is 0.226 e. The maximum Gasteiger partial charge on any atom is 0.226 e. The SMILES string of the molecule is CC(C)CC(O)C(N)Oc1ccc(NC(=O)C(C)C)cc1C#N. The molecule has 0 fully saturated rings. The molecule has 23 heavy (non-hydrogen) atoms. The fourth-order valence-electron chi connectivity index (χ4n) is 1.93. The van der Waals surface area contributed by atoms with E-state index in [9.17, 15) is 15.2 Å². The molecule has 0 aliphatic carbocycles. The summed E-state index contributed by atoms with van der Waals surface area (Å²) in [5.74, 6) is 0.275. The van der Waals surface area contributed by atoms with E-state index in [2.05, 4.69) is 5.32 Å². The van der Waals surface area contributed by atoms with Crippen molar-refractivity contribution in [1.29, 1.82) is 5.26 Å². The van der Waals surface area contributed by atoms with Gasteiger partial charge in [0.1, 0.15) is 17.9 Å². The zero-order valence-corrected chi connectivity index (χ0v) is 14.0. The second-order valence-corrected chi connectivity index (χ2v) is 6.25. The van der Waals surface area contributed by atoms with Gasteiger partial charge in [0.2, 0.25) is 5.91 Å². The van der Waals surface area contributed by atoms with Gasteiger partial charge in [-0.25, -0.2) is 0 Å². The molecule has 2 atom stereocenters. The molecule has 0 aromatic heterocycles. The van der Waals surface area contributed by atoms with Gasteiger partial charge in [-0.1, -0.05) is 27.7 Å². The number of nitrogens with one attached hydrogen (secondary N) is 1. The van der Waals surface area contributed by atoms with E-state index >= 15 is 0 Å². The number of carbonyl (C=O) groups is 1. The van der Waals surface area contributed by atoms with Crippen LogP contribution in [0.4, 0.5) is 5.69 Å². The summed E-state index contributed by atoms with van der Waals surface area (Å²) in [5.41, 5.74) is 6.59. The number of benzene rings is 1. The number of carbonyl (C=O) groups excluding carboxylic acids is 1. The highest BCUT2D eigenvalue weighted by Gasteiger charge is 2.19. The summed E-state index contributed by atoms with van der Waals surface area (Å²) in [6.07, 6.45) is -1.23. The van der Waals surface area contributed by atoms with E-state index in [1.807, 2.05) is 19.9 Å². The lowest BCUT2D eigenvalue weighted by molar-refractivity contribution is -0.118. The van der Waals surface area contributed by atoms with Crippen molar-refractivity contribution >= 4 is 11.6 Å². The van der Waals surface area contributed by atoms with E-state index in [-0.39, 0.29) is 29.1 Å². The molecule has 0 aliphatic heterocycles. The number of nitriles is 1. The van der Waals surface area contributed by atoms with Gasteiger partial charge in [0.05, 0.1) is 5.56 Å². The number of amides is 1.